The number of carbonyl (C=O) groups excluding carboxylic acids is 2. The maximum atomic E-state index is 14.3. The van der Waals surface area contributed by atoms with Gasteiger partial charge in [0.1, 0.15) is 5.76 Å². The maximum Gasteiger partial charge on any atom is 0.298 e. The van der Waals surface area contributed by atoms with E-state index in [4.69, 9.17) is 4.74 Å². The standard InChI is InChI=1S/C50H46N2O3.C2H6/c1-7-46-47(37(6)38-16-28-44(29-17-38)51(40-20-8-33(2)9-21-40)41-22-10-34(3)11-23-41)50(55-32-53)48(49(46)54)39-18-30-45(31-19-39)52(42-24-12-35(4)13-25-42)43-26-14-36(5)15-27-43;1-2/h8-32,46H,7H2,1-6H3;1-2H3/b47-37+;. The van der Waals surface area contributed by atoms with E-state index in [1.807, 2.05) is 52.0 Å². The molecule has 0 saturated carbocycles. The predicted octanol–water partition coefficient (Wildman–Crippen LogP) is 13.9. The van der Waals surface area contributed by atoms with Gasteiger partial charge in [-0.2, -0.15) is 0 Å². The summed E-state index contributed by atoms with van der Waals surface area (Å²) in [5.74, 6) is -0.162. The lowest BCUT2D eigenvalue weighted by Gasteiger charge is -2.26. The van der Waals surface area contributed by atoms with Crippen molar-refractivity contribution in [3.63, 3.8) is 0 Å². The molecule has 0 radical (unpaired) electrons. The van der Waals surface area contributed by atoms with Gasteiger partial charge in [0.05, 0.1) is 11.5 Å². The Hall–Kier alpha value is -6.46. The molecule has 6 aromatic carbocycles. The number of nitrogens with zero attached hydrogens (tertiary/aromatic N) is 2. The van der Waals surface area contributed by atoms with E-state index in [2.05, 4.69) is 159 Å². The summed E-state index contributed by atoms with van der Waals surface area (Å²) in [7, 11) is 0. The average Bonchev–Trinajstić information content (AvgIpc) is 3.52. The molecule has 0 amide bonds. The predicted molar refractivity (Wildman–Crippen MR) is 238 cm³/mol. The highest BCUT2D eigenvalue weighted by molar-refractivity contribution is 6.28. The van der Waals surface area contributed by atoms with Crippen LogP contribution in [-0.4, -0.2) is 12.3 Å². The van der Waals surface area contributed by atoms with Gasteiger partial charge >= 0.3 is 0 Å². The number of allylic oxidation sites excluding steroid dienone is 3. The lowest BCUT2D eigenvalue weighted by molar-refractivity contribution is -0.124. The summed E-state index contributed by atoms with van der Waals surface area (Å²) in [4.78, 5) is 30.8. The second kappa shape index (κ2) is 18.0. The summed E-state index contributed by atoms with van der Waals surface area (Å²) >= 11 is 0. The van der Waals surface area contributed by atoms with Crippen LogP contribution in [0.2, 0.25) is 0 Å². The van der Waals surface area contributed by atoms with Gasteiger partial charge in [0.15, 0.2) is 5.78 Å². The zero-order chi connectivity index (χ0) is 40.6. The van der Waals surface area contributed by atoms with Crippen molar-refractivity contribution in [2.24, 2.45) is 5.92 Å². The molecule has 6 aromatic rings. The van der Waals surface area contributed by atoms with Gasteiger partial charge in [-0.3, -0.25) is 9.59 Å². The second-order valence-electron chi connectivity index (χ2n) is 14.4. The zero-order valence-corrected chi connectivity index (χ0v) is 34.3. The molecule has 0 saturated heterocycles. The number of hydrogen-bond acceptors (Lipinski definition) is 5. The van der Waals surface area contributed by atoms with E-state index in [0.29, 0.717) is 29.8 Å². The van der Waals surface area contributed by atoms with Gasteiger partial charge in [-0.1, -0.05) is 116 Å². The lowest BCUT2D eigenvalue weighted by Crippen LogP contribution is -2.12. The molecule has 1 atom stereocenters. The van der Waals surface area contributed by atoms with Gasteiger partial charge in [-0.05, 0) is 131 Å². The third-order valence-corrected chi connectivity index (χ3v) is 10.5. The number of aryl methyl sites for hydroxylation is 4. The van der Waals surface area contributed by atoms with Crippen LogP contribution in [0.25, 0.3) is 11.1 Å². The van der Waals surface area contributed by atoms with E-state index in [9.17, 15) is 9.59 Å². The molecule has 1 unspecified atom stereocenters. The Labute approximate surface area is 338 Å². The fourth-order valence-corrected chi connectivity index (χ4v) is 7.44. The maximum absolute atomic E-state index is 14.3. The zero-order valence-electron chi connectivity index (χ0n) is 34.3. The van der Waals surface area contributed by atoms with Gasteiger partial charge in [-0.15, -0.1) is 0 Å². The molecule has 1 aliphatic rings. The van der Waals surface area contributed by atoms with Gasteiger partial charge in [0, 0.05) is 39.7 Å². The molecule has 0 bridgehead atoms. The highest BCUT2D eigenvalue weighted by Crippen LogP contribution is 2.46. The van der Waals surface area contributed by atoms with Crippen LogP contribution in [0, 0.1) is 33.6 Å². The first-order valence-corrected chi connectivity index (χ1v) is 19.8. The van der Waals surface area contributed by atoms with Crippen molar-refractivity contribution in [2.75, 3.05) is 9.80 Å². The SMILES string of the molecule is CC.CCC1C(=O)C(c2ccc(N(c3ccc(C)cc3)c3ccc(C)cc3)cc2)=C(OC=O)/C1=C(\C)c1ccc(N(c2ccc(C)cc2)c2ccc(C)cc2)cc1. The molecule has 5 nitrogen and oxygen atoms in total. The van der Waals surface area contributed by atoms with E-state index < -0.39 is 5.92 Å². The minimum Gasteiger partial charge on any atom is -0.428 e. The summed E-state index contributed by atoms with van der Waals surface area (Å²) in [6, 6.07) is 50.2. The number of ether oxygens (including phenoxy) is 1. The van der Waals surface area contributed by atoms with Gasteiger partial charge < -0.3 is 14.5 Å². The van der Waals surface area contributed by atoms with Crippen LogP contribution in [0.15, 0.2) is 157 Å². The molecule has 0 aliphatic heterocycles. The van der Waals surface area contributed by atoms with Crippen LogP contribution in [-0.2, 0) is 14.3 Å². The van der Waals surface area contributed by atoms with E-state index in [1.165, 1.54) is 22.3 Å². The number of rotatable bonds is 11. The first-order chi connectivity index (χ1) is 27.7. The highest BCUT2D eigenvalue weighted by atomic mass is 16.5. The Morgan fingerprint density at radius 3 is 1.18 bits per heavy atom. The number of benzene rings is 6. The number of Topliss-reactive ketones (excluding diaryl/α,β-unsaturated/α-hetero) is 1. The monoisotopic (exact) mass is 752 g/mol. The number of hydrogen-bond donors (Lipinski definition) is 0. The number of carbonyl (C=O) groups is 2. The van der Waals surface area contributed by atoms with Crippen LogP contribution in [0.1, 0.15) is 67.5 Å². The van der Waals surface area contributed by atoms with E-state index in [-0.39, 0.29) is 5.78 Å². The Morgan fingerprint density at radius 2 is 0.860 bits per heavy atom. The molecular weight excluding hydrogens is 701 g/mol. The van der Waals surface area contributed by atoms with Crippen LogP contribution < -0.4 is 9.80 Å². The van der Waals surface area contributed by atoms with Gasteiger partial charge in [0.25, 0.3) is 6.47 Å². The molecule has 288 valence electrons. The van der Waals surface area contributed by atoms with Gasteiger partial charge in [0.2, 0.25) is 0 Å². The molecule has 57 heavy (non-hydrogen) atoms. The number of ketones is 1. The molecule has 0 spiro atoms. The Kier molecular flexibility index (Phi) is 12.7. The normalized spacial score (nSPS) is 14.5. The lowest BCUT2D eigenvalue weighted by atomic mass is 9.90. The van der Waals surface area contributed by atoms with Crippen molar-refractivity contribution in [2.45, 2.75) is 61.8 Å². The van der Waals surface area contributed by atoms with Crippen molar-refractivity contribution in [1.82, 2.24) is 0 Å². The molecule has 5 heteroatoms. The van der Waals surface area contributed by atoms with Crippen molar-refractivity contribution in [3.05, 3.63) is 190 Å². The highest BCUT2D eigenvalue weighted by Gasteiger charge is 2.40. The third kappa shape index (κ3) is 8.53. The average molecular weight is 753 g/mol. The van der Waals surface area contributed by atoms with E-state index in [1.54, 1.807) is 0 Å². The van der Waals surface area contributed by atoms with E-state index in [0.717, 1.165) is 50.8 Å². The Bertz CT molecular complexity index is 2280. The van der Waals surface area contributed by atoms with E-state index >= 15 is 0 Å². The van der Waals surface area contributed by atoms with Crippen LogP contribution in [0.3, 0.4) is 0 Å². The quantitative estimate of drug-likeness (QED) is 0.123. The largest absolute Gasteiger partial charge is 0.428 e. The molecule has 7 rings (SSSR count). The topological polar surface area (TPSA) is 49.9 Å². The van der Waals surface area contributed by atoms with Crippen molar-refractivity contribution in [1.29, 1.82) is 0 Å². The molecule has 0 heterocycles. The summed E-state index contributed by atoms with van der Waals surface area (Å²) in [6.07, 6.45) is 0.570. The molecule has 0 fully saturated rings. The Balaban J connectivity index is 0.00000270. The fraction of sp³-hybridized carbons (Fsp3) is 0.192. The van der Waals surface area contributed by atoms with Crippen LogP contribution >= 0.6 is 0 Å². The van der Waals surface area contributed by atoms with Crippen molar-refractivity contribution < 1.29 is 14.3 Å². The number of anilines is 6. The third-order valence-electron chi connectivity index (χ3n) is 10.5. The molecular formula is C52H52N2O3. The Morgan fingerprint density at radius 1 is 0.544 bits per heavy atom. The molecule has 1 aliphatic carbocycles. The molecule has 0 N–H and O–H groups in total. The molecule has 0 aromatic heterocycles. The fourth-order valence-electron chi connectivity index (χ4n) is 7.44. The first kappa shape index (κ1) is 40.2. The second-order valence-corrected chi connectivity index (χ2v) is 14.4. The van der Waals surface area contributed by atoms with Crippen LogP contribution in [0.5, 0.6) is 0 Å². The smallest absolute Gasteiger partial charge is 0.298 e. The minimum absolute atomic E-state index is 0.0445. The van der Waals surface area contributed by atoms with Crippen LogP contribution in [0.4, 0.5) is 34.1 Å². The first-order valence-electron chi connectivity index (χ1n) is 19.8. The summed E-state index contributed by atoms with van der Waals surface area (Å²) in [6.45, 7) is 16.8. The summed E-state index contributed by atoms with van der Waals surface area (Å²) in [5.41, 5.74) is 14.6. The van der Waals surface area contributed by atoms with Crippen molar-refractivity contribution >= 4 is 57.5 Å². The van der Waals surface area contributed by atoms with Gasteiger partial charge in [-0.25, -0.2) is 0 Å². The summed E-state index contributed by atoms with van der Waals surface area (Å²) < 4.78 is 5.76. The summed E-state index contributed by atoms with van der Waals surface area (Å²) in [5, 5.41) is 0. The van der Waals surface area contributed by atoms with Crippen molar-refractivity contribution in [3.8, 4) is 0 Å². The minimum atomic E-state index is -0.447.